The van der Waals surface area contributed by atoms with Crippen molar-refractivity contribution in [3.8, 4) is 11.5 Å². The summed E-state index contributed by atoms with van der Waals surface area (Å²) >= 11 is 3.46. The van der Waals surface area contributed by atoms with E-state index in [0.29, 0.717) is 23.8 Å². The van der Waals surface area contributed by atoms with Gasteiger partial charge in [0.2, 0.25) is 0 Å². The Morgan fingerprint density at radius 2 is 1.90 bits per heavy atom. The van der Waals surface area contributed by atoms with Crippen LogP contribution in [0.5, 0.6) is 0 Å². The Labute approximate surface area is 124 Å². The van der Waals surface area contributed by atoms with Crippen molar-refractivity contribution in [3.05, 3.63) is 64.4 Å². The summed E-state index contributed by atoms with van der Waals surface area (Å²) in [6.07, 6.45) is 0.643. The van der Waals surface area contributed by atoms with E-state index in [9.17, 15) is 0 Å². The Kier molecular flexibility index (Phi) is 3.52. The second-order valence-corrected chi connectivity index (χ2v) is 5.27. The van der Waals surface area contributed by atoms with Crippen LogP contribution in [-0.4, -0.2) is 10.1 Å². The van der Waals surface area contributed by atoms with Crippen molar-refractivity contribution in [1.82, 2.24) is 10.1 Å². The average Bonchev–Trinajstić information content (AvgIpc) is 2.91. The summed E-state index contributed by atoms with van der Waals surface area (Å²) in [5.74, 6) is 1.12. The lowest BCUT2D eigenvalue weighted by Gasteiger charge is -1.99. The normalized spacial score (nSPS) is 10.7. The quantitative estimate of drug-likeness (QED) is 0.744. The third-order valence-electron chi connectivity index (χ3n) is 2.89. The smallest absolute Gasteiger partial charge is 0.259 e. The summed E-state index contributed by atoms with van der Waals surface area (Å²) in [4.78, 5) is 4.41. The molecule has 0 amide bonds. The molecular formula is C15H12BrN3O. The summed E-state index contributed by atoms with van der Waals surface area (Å²) in [6, 6.07) is 15.5. The third kappa shape index (κ3) is 2.72. The minimum atomic E-state index is 0.468. The molecule has 0 aliphatic heterocycles. The first-order chi connectivity index (χ1) is 9.72. The lowest BCUT2D eigenvalue weighted by Crippen LogP contribution is -1.91. The van der Waals surface area contributed by atoms with Crippen LogP contribution in [0, 0.1) is 0 Å². The van der Waals surface area contributed by atoms with Gasteiger partial charge in [-0.05, 0) is 39.7 Å². The van der Waals surface area contributed by atoms with Crippen LogP contribution in [-0.2, 0) is 6.42 Å². The molecule has 2 N–H and O–H groups in total. The monoisotopic (exact) mass is 329 g/mol. The molecule has 0 spiro atoms. The van der Waals surface area contributed by atoms with E-state index in [1.807, 2.05) is 48.5 Å². The Hall–Kier alpha value is -2.14. The largest absolute Gasteiger partial charge is 0.399 e. The van der Waals surface area contributed by atoms with Gasteiger partial charge >= 0.3 is 0 Å². The lowest BCUT2D eigenvalue weighted by molar-refractivity contribution is 0.423. The van der Waals surface area contributed by atoms with Gasteiger partial charge in [-0.2, -0.15) is 4.98 Å². The van der Waals surface area contributed by atoms with Crippen molar-refractivity contribution in [1.29, 1.82) is 0 Å². The SMILES string of the molecule is Nc1ccc(Br)c(-c2nc(Cc3ccccc3)no2)c1. The molecule has 0 aliphatic carbocycles. The van der Waals surface area contributed by atoms with Gasteiger partial charge in [0.25, 0.3) is 5.89 Å². The highest BCUT2D eigenvalue weighted by Crippen LogP contribution is 2.29. The highest BCUT2D eigenvalue weighted by Gasteiger charge is 2.12. The molecule has 0 saturated carbocycles. The van der Waals surface area contributed by atoms with Gasteiger partial charge < -0.3 is 10.3 Å². The number of benzene rings is 2. The first-order valence-electron chi connectivity index (χ1n) is 6.14. The number of nitrogen functional groups attached to an aromatic ring is 1. The molecule has 0 saturated heterocycles. The van der Waals surface area contributed by atoms with Crippen LogP contribution in [0.15, 0.2) is 57.5 Å². The van der Waals surface area contributed by atoms with Gasteiger partial charge in [0.15, 0.2) is 5.82 Å². The molecule has 1 heterocycles. The van der Waals surface area contributed by atoms with Gasteiger partial charge in [-0.15, -0.1) is 0 Å². The van der Waals surface area contributed by atoms with Crippen molar-refractivity contribution >= 4 is 21.6 Å². The minimum Gasteiger partial charge on any atom is -0.399 e. The standard InChI is InChI=1S/C15H12BrN3O/c16-13-7-6-11(17)9-12(13)15-18-14(19-20-15)8-10-4-2-1-3-5-10/h1-7,9H,8,17H2. The maximum absolute atomic E-state index is 5.78. The van der Waals surface area contributed by atoms with Crippen LogP contribution in [0.3, 0.4) is 0 Å². The molecule has 5 heteroatoms. The van der Waals surface area contributed by atoms with E-state index in [1.165, 1.54) is 0 Å². The summed E-state index contributed by atoms with van der Waals surface area (Å²) in [7, 11) is 0. The van der Waals surface area contributed by atoms with Gasteiger partial charge in [0, 0.05) is 16.6 Å². The van der Waals surface area contributed by atoms with Crippen LogP contribution < -0.4 is 5.73 Å². The molecular weight excluding hydrogens is 318 g/mol. The zero-order valence-electron chi connectivity index (χ0n) is 10.6. The summed E-state index contributed by atoms with van der Waals surface area (Å²) in [6.45, 7) is 0. The van der Waals surface area contributed by atoms with Crippen molar-refractivity contribution in [2.24, 2.45) is 0 Å². The minimum absolute atomic E-state index is 0.468. The summed E-state index contributed by atoms with van der Waals surface area (Å²) in [5, 5.41) is 4.01. The zero-order chi connectivity index (χ0) is 13.9. The highest BCUT2D eigenvalue weighted by molar-refractivity contribution is 9.10. The van der Waals surface area contributed by atoms with E-state index in [0.717, 1.165) is 15.6 Å². The van der Waals surface area contributed by atoms with E-state index in [2.05, 4.69) is 26.1 Å². The predicted molar refractivity (Wildman–Crippen MR) is 81.1 cm³/mol. The van der Waals surface area contributed by atoms with Crippen LogP contribution in [0.1, 0.15) is 11.4 Å². The van der Waals surface area contributed by atoms with E-state index < -0.39 is 0 Å². The molecule has 3 rings (SSSR count). The molecule has 20 heavy (non-hydrogen) atoms. The Balaban J connectivity index is 1.88. The van der Waals surface area contributed by atoms with Crippen molar-refractivity contribution in [2.45, 2.75) is 6.42 Å². The predicted octanol–water partition coefficient (Wildman–Crippen LogP) is 3.67. The maximum atomic E-state index is 5.78. The van der Waals surface area contributed by atoms with Crippen molar-refractivity contribution < 1.29 is 4.52 Å². The number of nitrogens with two attached hydrogens (primary N) is 1. The van der Waals surface area contributed by atoms with E-state index >= 15 is 0 Å². The Morgan fingerprint density at radius 1 is 1.10 bits per heavy atom. The molecule has 0 unspecified atom stereocenters. The molecule has 3 aromatic rings. The fourth-order valence-electron chi connectivity index (χ4n) is 1.92. The number of rotatable bonds is 3. The van der Waals surface area contributed by atoms with Gasteiger partial charge in [0.05, 0.1) is 5.56 Å². The second kappa shape index (κ2) is 5.46. The molecule has 0 bridgehead atoms. The number of hydrogen-bond acceptors (Lipinski definition) is 4. The van der Waals surface area contributed by atoms with Gasteiger partial charge in [-0.25, -0.2) is 0 Å². The number of halogens is 1. The van der Waals surface area contributed by atoms with Crippen LogP contribution in [0.4, 0.5) is 5.69 Å². The fourth-order valence-corrected chi connectivity index (χ4v) is 2.34. The average molecular weight is 330 g/mol. The maximum Gasteiger partial charge on any atom is 0.259 e. The number of hydrogen-bond donors (Lipinski definition) is 1. The molecule has 4 nitrogen and oxygen atoms in total. The zero-order valence-corrected chi connectivity index (χ0v) is 12.2. The van der Waals surface area contributed by atoms with E-state index in [4.69, 9.17) is 10.3 Å². The van der Waals surface area contributed by atoms with Crippen molar-refractivity contribution in [2.75, 3.05) is 5.73 Å². The van der Waals surface area contributed by atoms with Gasteiger partial charge in [-0.1, -0.05) is 35.5 Å². The Bertz CT molecular complexity index is 725. The topological polar surface area (TPSA) is 64.9 Å². The summed E-state index contributed by atoms with van der Waals surface area (Å²) < 4.78 is 6.19. The van der Waals surface area contributed by atoms with Crippen LogP contribution in [0.2, 0.25) is 0 Å². The van der Waals surface area contributed by atoms with Gasteiger partial charge in [-0.3, -0.25) is 0 Å². The third-order valence-corrected chi connectivity index (χ3v) is 3.59. The summed E-state index contributed by atoms with van der Waals surface area (Å²) in [5.41, 5.74) is 8.39. The van der Waals surface area contributed by atoms with E-state index in [1.54, 1.807) is 0 Å². The molecule has 100 valence electrons. The first kappa shape index (κ1) is 12.9. The lowest BCUT2D eigenvalue weighted by atomic mass is 10.1. The Morgan fingerprint density at radius 3 is 2.70 bits per heavy atom. The first-order valence-corrected chi connectivity index (χ1v) is 6.93. The number of aromatic nitrogens is 2. The number of anilines is 1. The van der Waals surface area contributed by atoms with Gasteiger partial charge in [0.1, 0.15) is 0 Å². The fraction of sp³-hybridized carbons (Fsp3) is 0.0667. The van der Waals surface area contributed by atoms with Crippen LogP contribution >= 0.6 is 15.9 Å². The molecule has 0 fully saturated rings. The van der Waals surface area contributed by atoms with Crippen LogP contribution in [0.25, 0.3) is 11.5 Å². The van der Waals surface area contributed by atoms with Crippen molar-refractivity contribution in [3.63, 3.8) is 0 Å². The molecule has 2 aromatic carbocycles. The molecule has 0 radical (unpaired) electrons. The molecule has 1 aromatic heterocycles. The van der Waals surface area contributed by atoms with E-state index in [-0.39, 0.29) is 0 Å². The molecule has 0 aliphatic rings. The number of nitrogens with zero attached hydrogens (tertiary/aromatic N) is 2. The highest BCUT2D eigenvalue weighted by atomic mass is 79.9. The second-order valence-electron chi connectivity index (χ2n) is 4.42. The molecule has 0 atom stereocenters.